The maximum atomic E-state index is 5.99. The molecule has 0 saturated heterocycles. The quantitative estimate of drug-likeness (QED) is 0.741. The Morgan fingerprint density at radius 1 is 1.54 bits per heavy atom. The number of fused-ring (bicyclic) bond motifs is 1. The molecule has 2 heterocycles. The van der Waals surface area contributed by atoms with Crippen molar-refractivity contribution in [3.8, 4) is 0 Å². The molecule has 2 rings (SSSR count). The Bertz CT molecular complexity index is 427. The summed E-state index contributed by atoms with van der Waals surface area (Å²) in [5.74, 6) is 1.63. The van der Waals surface area contributed by atoms with E-state index in [1.807, 2.05) is 17.7 Å². The average Bonchev–Trinajstić information content (AvgIpc) is 2.53. The van der Waals surface area contributed by atoms with Crippen LogP contribution in [0.5, 0.6) is 0 Å². The van der Waals surface area contributed by atoms with E-state index in [9.17, 15) is 0 Å². The van der Waals surface area contributed by atoms with Crippen molar-refractivity contribution in [2.45, 2.75) is 5.75 Å². The molecule has 0 amide bonds. The molecule has 0 aliphatic carbocycles. The SMILES string of the molecule is CSCc1nc(Cl)c2ccsc2n1. The smallest absolute Gasteiger partial charge is 0.141 e. The molecule has 0 unspecified atom stereocenters. The molecule has 68 valence electrons. The summed E-state index contributed by atoms with van der Waals surface area (Å²) in [5.41, 5.74) is 0. The third-order valence-electron chi connectivity index (χ3n) is 1.60. The van der Waals surface area contributed by atoms with Gasteiger partial charge in [-0.15, -0.1) is 11.3 Å². The van der Waals surface area contributed by atoms with Crippen molar-refractivity contribution in [1.29, 1.82) is 0 Å². The fourth-order valence-corrected chi connectivity index (χ4v) is 2.53. The van der Waals surface area contributed by atoms with Crippen molar-refractivity contribution in [3.05, 3.63) is 22.4 Å². The van der Waals surface area contributed by atoms with Crippen molar-refractivity contribution in [3.63, 3.8) is 0 Å². The lowest BCUT2D eigenvalue weighted by atomic mass is 10.4. The van der Waals surface area contributed by atoms with Gasteiger partial charge in [-0.2, -0.15) is 11.8 Å². The maximum Gasteiger partial charge on any atom is 0.141 e. The molecule has 5 heteroatoms. The van der Waals surface area contributed by atoms with Gasteiger partial charge in [0.15, 0.2) is 0 Å². The maximum absolute atomic E-state index is 5.99. The van der Waals surface area contributed by atoms with E-state index in [4.69, 9.17) is 11.6 Å². The van der Waals surface area contributed by atoms with Gasteiger partial charge in [0.25, 0.3) is 0 Å². The number of hydrogen-bond donors (Lipinski definition) is 0. The summed E-state index contributed by atoms with van der Waals surface area (Å²) >= 11 is 9.28. The molecule has 0 aromatic carbocycles. The Morgan fingerprint density at radius 2 is 2.38 bits per heavy atom. The van der Waals surface area contributed by atoms with Crippen LogP contribution in [0.1, 0.15) is 5.82 Å². The Kier molecular flexibility index (Phi) is 2.71. The zero-order valence-corrected chi connectivity index (χ0v) is 9.34. The normalized spacial score (nSPS) is 10.9. The Hall–Kier alpha value is -0.320. The van der Waals surface area contributed by atoms with Crippen LogP contribution in [0.2, 0.25) is 5.15 Å². The topological polar surface area (TPSA) is 25.8 Å². The largest absolute Gasteiger partial charge is 0.221 e. The van der Waals surface area contributed by atoms with Gasteiger partial charge in [-0.05, 0) is 17.7 Å². The Balaban J connectivity index is 2.56. The number of rotatable bonds is 2. The predicted molar refractivity (Wildman–Crippen MR) is 59.6 cm³/mol. The lowest BCUT2D eigenvalue weighted by molar-refractivity contribution is 1.08. The molecule has 0 spiro atoms. The average molecular weight is 231 g/mol. The molecule has 0 N–H and O–H groups in total. The van der Waals surface area contributed by atoms with Gasteiger partial charge in [0.1, 0.15) is 15.8 Å². The predicted octanol–water partition coefficient (Wildman–Crippen LogP) is 3.21. The zero-order valence-electron chi connectivity index (χ0n) is 6.95. The fraction of sp³-hybridized carbons (Fsp3) is 0.250. The molecule has 2 aromatic heterocycles. The van der Waals surface area contributed by atoms with E-state index in [2.05, 4.69) is 9.97 Å². The highest BCUT2D eigenvalue weighted by atomic mass is 35.5. The lowest BCUT2D eigenvalue weighted by Crippen LogP contribution is -1.91. The first-order valence-electron chi connectivity index (χ1n) is 3.70. The monoisotopic (exact) mass is 230 g/mol. The number of nitrogens with zero attached hydrogens (tertiary/aromatic N) is 2. The zero-order chi connectivity index (χ0) is 9.26. The van der Waals surface area contributed by atoms with E-state index in [-0.39, 0.29) is 0 Å². The molecule has 13 heavy (non-hydrogen) atoms. The molecule has 0 fully saturated rings. The number of halogens is 1. The van der Waals surface area contributed by atoms with Gasteiger partial charge in [-0.1, -0.05) is 11.6 Å². The van der Waals surface area contributed by atoms with E-state index in [0.717, 1.165) is 21.8 Å². The third kappa shape index (κ3) is 1.80. The number of thiophene rings is 1. The van der Waals surface area contributed by atoms with Gasteiger partial charge in [-0.3, -0.25) is 0 Å². The first kappa shape index (κ1) is 9.24. The van der Waals surface area contributed by atoms with Crippen molar-refractivity contribution in [1.82, 2.24) is 9.97 Å². The molecule has 0 saturated carbocycles. The van der Waals surface area contributed by atoms with Crippen LogP contribution in [0.4, 0.5) is 0 Å². The second-order valence-electron chi connectivity index (χ2n) is 2.50. The molecule has 0 atom stereocenters. The minimum absolute atomic E-state index is 0.565. The second kappa shape index (κ2) is 3.82. The molecular formula is C8H7ClN2S2. The summed E-state index contributed by atoms with van der Waals surface area (Å²) in [6.07, 6.45) is 2.02. The van der Waals surface area contributed by atoms with Crippen molar-refractivity contribution in [2.75, 3.05) is 6.26 Å². The standard InChI is InChI=1S/C8H7ClN2S2/c1-12-4-6-10-7(9)5-2-3-13-8(5)11-6/h2-3H,4H2,1H3. The molecular weight excluding hydrogens is 224 g/mol. The van der Waals surface area contributed by atoms with Crippen LogP contribution in [0, 0.1) is 0 Å². The number of aromatic nitrogens is 2. The third-order valence-corrected chi connectivity index (χ3v) is 3.24. The summed E-state index contributed by atoms with van der Waals surface area (Å²) in [6, 6.07) is 1.95. The minimum atomic E-state index is 0.565. The molecule has 0 aliphatic rings. The number of hydrogen-bond acceptors (Lipinski definition) is 4. The lowest BCUT2D eigenvalue weighted by Gasteiger charge is -1.98. The van der Waals surface area contributed by atoms with Gasteiger partial charge < -0.3 is 0 Å². The van der Waals surface area contributed by atoms with E-state index >= 15 is 0 Å². The first-order valence-corrected chi connectivity index (χ1v) is 6.35. The highest BCUT2D eigenvalue weighted by molar-refractivity contribution is 7.97. The van der Waals surface area contributed by atoms with Crippen LogP contribution in [0.3, 0.4) is 0 Å². The first-order chi connectivity index (χ1) is 6.31. The highest BCUT2D eigenvalue weighted by Gasteiger charge is 2.05. The Labute approximate surface area is 89.3 Å². The van der Waals surface area contributed by atoms with Crippen LogP contribution < -0.4 is 0 Å². The van der Waals surface area contributed by atoms with E-state index in [1.54, 1.807) is 23.1 Å². The second-order valence-corrected chi connectivity index (χ2v) is 4.62. The van der Waals surface area contributed by atoms with E-state index < -0.39 is 0 Å². The summed E-state index contributed by atoms with van der Waals surface area (Å²) in [5, 5.41) is 3.50. The van der Waals surface area contributed by atoms with Crippen molar-refractivity contribution in [2.24, 2.45) is 0 Å². The summed E-state index contributed by atoms with van der Waals surface area (Å²) in [4.78, 5) is 9.57. The van der Waals surface area contributed by atoms with Gasteiger partial charge in [0.05, 0.1) is 5.75 Å². The van der Waals surface area contributed by atoms with Crippen molar-refractivity contribution >= 4 is 44.9 Å². The van der Waals surface area contributed by atoms with Gasteiger partial charge >= 0.3 is 0 Å². The summed E-state index contributed by atoms with van der Waals surface area (Å²) in [7, 11) is 0. The van der Waals surface area contributed by atoms with Crippen LogP contribution in [-0.2, 0) is 5.75 Å². The van der Waals surface area contributed by atoms with Crippen molar-refractivity contribution < 1.29 is 0 Å². The van der Waals surface area contributed by atoms with E-state index in [0.29, 0.717) is 5.15 Å². The highest BCUT2D eigenvalue weighted by Crippen LogP contribution is 2.25. The minimum Gasteiger partial charge on any atom is -0.221 e. The van der Waals surface area contributed by atoms with Gasteiger partial charge in [0, 0.05) is 5.39 Å². The molecule has 0 radical (unpaired) electrons. The van der Waals surface area contributed by atoms with Gasteiger partial charge in [-0.25, -0.2) is 9.97 Å². The summed E-state index contributed by atoms with van der Waals surface area (Å²) in [6.45, 7) is 0. The molecule has 0 aliphatic heterocycles. The van der Waals surface area contributed by atoms with E-state index in [1.165, 1.54) is 0 Å². The number of thioether (sulfide) groups is 1. The van der Waals surface area contributed by atoms with Crippen LogP contribution in [0.25, 0.3) is 10.2 Å². The molecule has 0 bridgehead atoms. The molecule has 2 nitrogen and oxygen atoms in total. The van der Waals surface area contributed by atoms with Crippen LogP contribution >= 0.6 is 34.7 Å². The molecule has 2 aromatic rings. The Morgan fingerprint density at radius 3 is 3.15 bits per heavy atom. The van der Waals surface area contributed by atoms with Crippen LogP contribution in [-0.4, -0.2) is 16.2 Å². The van der Waals surface area contributed by atoms with Crippen LogP contribution in [0.15, 0.2) is 11.4 Å². The fourth-order valence-electron chi connectivity index (χ4n) is 1.05. The summed E-state index contributed by atoms with van der Waals surface area (Å²) < 4.78 is 0. The van der Waals surface area contributed by atoms with Gasteiger partial charge in [0.2, 0.25) is 0 Å².